The van der Waals surface area contributed by atoms with Crippen molar-refractivity contribution in [3.63, 3.8) is 0 Å². The van der Waals surface area contributed by atoms with Crippen molar-refractivity contribution in [2.45, 2.75) is 25.7 Å². The summed E-state index contributed by atoms with van der Waals surface area (Å²) in [4.78, 5) is 0. The molecular weight excluding hydrogens is 234 g/mol. The molecule has 100 valence electrons. The van der Waals surface area contributed by atoms with Crippen LogP contribution in [0, 0.1) is 17.2 Å². The molecule has 3 rings (SSSR count). The molecule has 0 aliphatic heterocycles. The van der Waals surface area contributed by atoms with Crippen molar-refractivity contribution in [2.75, 3.05) is 17.7 Å². The van der Waals surface area contributed by atoms with Gasteiger partial charge < -0.3 is 16.0 Å². The van der Waals surface area contributed by atoms with Crippen LogP contribution in [0.15, 0.2) is 36.0 Å². The summed E-state index contributed by atoms with van der Waals surface area (Å²) in [5, 5.41) is 14.7. The van der Waals surface area contributed by atoms with E-state index < -0.39 is 0 Å². The van der Waals surface area contributed by atoms with Crippen LogP contribution in [0.4, 0.5) is 11.4 Å². The van der Waals surface area contributed by atoms with Crippen molar-refractivity contribution < 1.29 is 0 Å². The summed E-state index contributed by atoms with van der Waals surface area (Å²) < 4.78 is 0. The van der Waals surface area contributed by atoms with Gasteiger partial charge in [-0.05, 0) is 61.9 Å². The Bertz CT molecular complexity index is 493. The minimum atomic E-state index is 0.530. The van der Waals surface area contributed by atoms with Crippen molar-refractivity contribution >= 4 is 17.1 Å². The summed E-state index contributed by atoms with van der Waals surface area (Å²) >= 11 is 0. The van der Waals surface area contributed by atoms with Crippen LogP contribution >= 0.6 is 0 Å². The van der Waals surface area contributed by atoms with E-state index in [1.54, 1.807) is 0 Å². The number of hydrogen-bond donors (Lipinski definition) is 3. The standard InChI is InChI=1S/C16H21N3/c1-18-13-6-8-14(9-7-13)19-16(12-4-5-12)10-15(17)11-2-3-11/h6-12,17-19H,2-5H2,1H3/b16-10-,17-15?. The third-order valence-corrected chi connectivity index (χ3v) is 3.81. The second-order valence-corrected chi connectivity index (χ2v) is 5.56. The first-order valence-electron chi connectivity index (χ1n) is 7.11. The molecule has 3 heteroatoms. The van der Waals surface area contributed by atoms with Crippen LogP contribution in [-0.2, 0) is 0 Å². The lowest BCUT2D eigenvalue weighted by Crippen LogP contribution is -2.06. The van der Waals surface area contributed by atoms with Gasteiger partial charge in [0.05, 0.1) is 0 Å². The van der Waals surface area contributed by atoms with E-state index in [0.717, 1.165) is 17.1 Å². The largest absolute Gasteiger partial charge is 0.388 e. The van der Waals surface area contributed by atoms with E-state index in [-0.39, 0.29) is 0 Å². The van der Waals surface area contributed by atoms with Crippen molar-refractivity contribution in [2.24, 2.45) is 11.8 Å². The van der Waals surface area contributed by atoms with Crippen molar-refractivity contribution in [3.05, 3.63) is 36.0 Å². The van der Waals surface area contributed by atoms with E-state index in [4.69, 9.17) is 5.41 Å². The average molecular weight is 255 g/mol. The SMILES string of the molecule is CNc1ccc(N/C(=C\C(=N)C2CC2)C2CC2)cc1. The second-order valence-electron chi connectivity index (χ2n) is 5.56. The minimum absolute atomic E-state index is 0.530. The number of benzene rings is 1. The van der Waals surface area contributed by atoms with Gasteiger partial charge in [-0.3, -0.25) is 0 Å². The fourth-order valence-electron chi connectivity index (χ4n) is 2.22. The molecule has 0 aromatic heterocycles. The summed E-state index contributed by atoms with van der Waals surface area (Å²) in [6.07, 6.45) is 6.98. The Morgan fingerprint density at radius 2 is 1.63 bits per heavy atom. The Morgan fingerprint density at radius 3 is 2.16 bits per heavy atom. The highest BCUT2D eigenvalue weighted by molar-refractivity contribution is 5.96. The van der Waals surface area contributed by atoms with Gasteiger partial charge in [0.1, 0.15) is 0 Å². The molecular formula is C16H21N3. The van der Waals surface area contributed by atoms with Crippen LogP contribution in [0.2, 0.25) is 0 Å². The maximum atomic E-state index is 8.06. The lowest BCUT2D eigenvalue weighted by molar-refractivity contribution is 1.01. The van der Waals surface area contributed by atoms with Gasteiger partial charge in [-0.2, -0.15) is 0 Å². The molecule has 1 aromatic rings. The molecule has 0 heterocycles. The molecule has 2 aliphatic rings. The molecule has 3 N–H and O–H groups in total. The fraction of sp³-hybridized carbons (Fsp3) is 0.438. The number of nitrogens with one attached hydrogen (secondary N) is 3. The summed E-state index contributed by atoms with van der Waals surface area (Å²) in [6.45, 7) is 0. The van der Waals surface area contributed by atoms with E-state index in [0.29, 0.717) is 11.8 Å². The zero-order valence-electron chi connectivity index (χ0n) is 11.4. The van der Waals surface area contributed by atoms with Crippen LogP contribution in [-0.4, -0.2) is 12.8 Å². The first-order chi connectivity index (χ1) is 9.26. The van der Waals surface area contributed by atoms with E-state index in [1.807, 2.05) is 7.05 Å². The van der Waals surface area contributed by atoms with Crippen molar-refractivity contribution in [1.82, 2.24) is 0 Å². The first kappa shape index (κ1) is 12.3. The van der Waals surface area contributed by atoms with E-state index in [2.05, 4.69) is 41.0 Å². The predicted molar refractivity (Wildman–Crippen MR) is 80.9 cm³/mol. The lowest BCUT2D eigenvalue weighted by atomic mass is 10.1. The van der Waals surface area contributed by atoms with Gasteiger partial charge in [0.2, 0.25) is 0 Å². The number of anilines is 2. The molecule has 2 fully saturated rings. The molecule has 0 bridgehead atoms. The van der Waals surface area contributed by atoms with Crippen LogP contribution in [0.1, 0.15) is 25.7 Å². The Hall–Kier alpha value is -1.77. The van der Waals surface area contributed by atoms with Crippen LogP contribution < -0.4 is 10.6 Å². The second kappa shape index (κ2) is 5.08. The molecule has 3 nitrogen and oxygen atoms in total. The molecule has 0 amide bonds. The van der Waals surface area contributed by atoms with Crippen molar-refractivity contribution in [3.8, 4) is 0 Å². The zero-order chi connectivity index (χ0) is 13.2. The fourth-order valence-corrected chi connectivity index (χ4v) is 2.22. The van der Waals surface area contributed by atoms with Crippen molar-refractivity contribution in [1.29, 1.82) is 5.41 Å². The maximum Gasteiger partial charge on any atom is 0.0383 e. The summed E-state index contributed by atoms with van der Waals surface area (Å²) in [5.74, 6) is 1.17. The quantitative estimate of drug-likeness (QED) is 0.676. The summed E-state index contributed by atoms with van der Waals surface area (Å²) in [5.41, 5.74) is 4.27. The normalized spacial score (nSPS) is 19.1. The van der Waals surface area contributed by atoms with Gasteiger partial charge in [0.15, 0.2) is 0 Å². The first-order valence-corrected chi connectivity index (χ1v) is 7.11. The highest BCUT2D eigenvalue weighted by Gasteiger charge is 2.29. The van der Waals surface area contributed by atoms with E-state index >= 15 is 0 Å². The number of allylic oxidation sites excluding steroid dienone is 2. The minimum Gasteiger partial charge on any atom is -0.388 e. The van der Waals surface area contributed by atoms with E-state index in [1.165, 1.54) is 31.4 Å². The van der Waals surface area contributed by atoms with E-state index in [9.17, 15) is 0 Å². The molecule has 0 spiro atoms. The summed E-state index contributed by atoms with van der Waals surface area (Å²) in [6, 6.07) is 8.31. The van der Waals surface area contributed by atoms with Crippen LogP contribution in [0.3, 0.4) is 0 Å². The molecule has 0 atom stereocenters. The molecule has 2 aliphatic carbocycles. The average Bonchev–Trinajstić information content (AvgIpc) is 3.31. The zero-order valence-corrected chi connectivity index (χ0v) is 11.4. The highest BCUT2D eigenvalue weighted by atomic mass is 14.9. The Morgan fingerprint density at radius 1 is 1.05 bits per heavy atom. The summed E-state index contributed by atoms with van der Waals surface area (Å²) in [7, 11) is 1.93. The molecule has 19 heavy (non-hydrogen) atoms. The molecule has 2 saturated carbocycles. The van der Waals surface area contributed by atoms with Gasteiger partial charge in [-0.25, -0.2) is 0 Å². The van der Waals surface area contributed by atoms with Gasteiger partial charge >= 0.3 is 0 Å². The third-order valence-electron chi connectivity index (χ3n) is 3.81. The topological polar surface area (TPSA) is 47.9 Å². The molecule has 0 saturated heterocycles. The van der Waals surface area contributed by atoms with Gasteiger partial charge in [0.25, 0.3) is 0 Å². The Labute approximate surface area is 114 Å². The maximum absolute atomic E-state index is 8.06. The lowest BCUT2D eigenvalue weighted by Gasteiger charge is -2.11. The monoisotopic (exact) mass is 255 g/mol. The van der Waals surface area contributed by atoms with Crippen LogP contribution in [0.25, 0.3) is 0 Å². The Kier molecular flexibility index (Phi) is 3.28. The van der Waals surface area contributed by atoms with Gasteiger partial charge in [0, 0.05) is 35.7 Å². The Balaban J connectivity index is 1.71. The molecule has 1 aromatic carbocycles. The van der Waals surface area contributed by atoms with Crippen LogP contribution in [0.5, 0.6) is 0 Å². The van der Waals surface area contributed by atoms with Gasteiger partial charge in [-0.1, -0.05) is 0 Å². The predicted octanol–water partition coefficient (Wildman–Crippen LogP) is 3.86. The molecule has 0 radical (unpaired) electrons. The highest BCUT2D eigenvalue weighted by Crippen LogP contribution is 2.38. The molecule has 0 unspecified atom stereocenters. The number of hydrogen-bond acceptors (Lipinski definition) is 3. The third kappa shape index (κ3) is 3.16. The number of rotatable bonds is 6. The van der Waals surface area contributed by atoms with Gasteiger partial charge in [-0.15, -0.1) is 0 Å². The smallest absolute Gasteiger partial charge is 0.0383 e.